The monoisotopic (exact) mass is 356 g/mol. The smallest absolute Gasteiger partial charge is 0.359 e. The second-order valence-corrected chi connectivity index (χ2v) is 7.23. The van der Waals surface area contributed by atoms with Gasteiger partial charge in [-0.05, 0) is 33.3 Å². The van der Waals surface area contributed by atoms with E-state index in [1.54, 1.807) is 27.7 Å². The molecule has 0 spiro atoms. The van der Waals surface area contributed by atoms with Gasteiger partial charge >= 0.3 is 13.6 Å². The lowest BCUT2D eigenvalue weighted by atomic mass is 10.0. The van der Waals surface area contributed by atoms with Crippen LogP contribution in [0.5, 0.6) is 0 Å². The molecule has 0 bridgehead atoms. The van der Waals surface area contributed by atoms with Crippen LogP contribution < -0.4 is 5.56 Å². The summed E-state index contributed by atoms with van der Waals surface area (Å²) < 4.78 is 30.8. The van der Waals surface area contributed by atoms with Crippen LogP contribution in [0.1, 0.15) is 33.5 Å². The second kappa shape index (κ2) is 7.01. The molecule has 9 heteroatoms. The van der Waals surface area contributed by atoms with Gasteiger partial charge in [-0.1, -0.05) is 0 Å². The number of esters is 1. The molecule has 1 aromatic rings. The molecule has 1 aliphatic heterocycles. The van der Waals surface area contributed by atoms with Crippen molar-refractivity contribution in [1.29, 1.82) is 0 Å². The molecule has 1 aromatic heterocycles. The summed E-state index contributed by atoms with van der Waals surface area (Å²) in [4.78, 5) is 29.2. The van der Waals surface area contributed by atoms with Gasteiger partial charge in [0, 0.05) is 18.5 Å². The number of carbonyl (C=O) groups excluding carboxylic acids is 1. The molecule has 1 aliphatic rings. The molecule has 0 radical (unpaired) electrons. The van der Waals surface area contributed by atoms with E-state index in [1.165, 1.54) is 23.0 Å². The topological polar surface area (TPSA) is 96.7 Å². The van der Waals surface area contributed by atoms with E-state index < -0.39 is 24.3 Å². The van der Waals surface area contributed by atoms with Crippen molar-refractivity contribution in [2.75, 3.05) is 19.8 Å². The molecule has 0 saturated carbocycles. The van der Waals surface area contributed by atoms with Gasteiger partial charge in [0.25, 0.3) is 5.56 Å². The van der Waals surface area contributed by atoms with Crippen LogP contribution in [-0.2, 0) is 28.3 Å². The summed E-state index contributed by atoms with van der Waals surface area (Å²) in [5.74, 6) is -0.829. The first kappa shape index (κ1) is 18.6. The molecular weight excluding hydrogens is 335 g/mol. The SMILES string of the molecule is CCOC(=O)C1(P(=O)(OCC)OCC)C(C)=Cn2c1nccc2=O. The maximum atomic E-state index is 13.6. The van der Waals surface area contributed by atoms with E-state index in [0.29, 0.717) is 5.57 Å². The summed E-state index contributed by atoms with van der Waals surface area (Å²) in [5.41, 5.74) is -0.0768. The fraction of sp³-hybridized carbons (Fsp3) is 0.533. The number of fused-ring (bicyclic) bond motifs is 1. The molecule has 0 aliphatic carbocycles. The third kappa shape index (κ3) is 2.55. The van der Waals surface area contributed by atoms with Gasteiger partial charge in [-0.25, -0.2) is 9.78 Å². The van der Waals surface area contributed by atoms with Gasteiger partial charge in [-0.2, -0.15) is 0 Å². The Balaban J connectivity index is 2.84. The molecule has 1 unspecified atom stereocenters. The zero-order valence-electron chi connectivity index (χ0n) is 14.1. The highest BCUT2D eigenvalue weighted by Crippen LogP contribution is 2.69. The van der Waals surface area contributed by atoms with Crippen LogP contribution in [0.2, 0.25) is 0 Å². The Morgan fingerprint density at radius 2 is 1.88 bits per heavy atom. The quantitative estimate of drug-likeness (QED) is 0.545. The third-order valence-electron chi connectivity index (χ3n) is 3.68. The number of rotatable bonds is 7. The molecule has 1 atom stereocenters. The van der Waals surface area contributed by atoms with Crippen molar-refractivity contribution in [2.24, 2.45) is 0 Å². The van der Waals surface area contributed by atoms with Gasteiger partial charge in [-0.15, -0.1) is 0 Å². The predicted molar refractivity (Wildman–Crippen MR) is 87.6 cm³/mol. The normalized spacial score (nSPS) is 19.8. The Bertz CT molecular complexity index is 761. The van der Waals surface area contributed by atoms with Crippen molar-refractivity contribution in [3.63, 3.8) is 0 Å². The van der Waals surface area contributed by atoms with Crippen molar-refractivity contribution in [3.8, 4) is 0 Å². The first-order valence-corrected chi connectivity index (χ1v) is 9.26. The van der Waals surface area contributed by atoms with Crippen LogP contribution in [0.4, 0.5) is 0 Å². The van der Waals surface area contributed by atoms with E-state index in [0.717, 1.165) is 0 Å². The van der Waals surface area contributed by atoms with Gasteiger partial charge in [-0.3, -0.25) is 13.9 Å². The Labute approximate surface area is 140 Å². The molecule has 2 heterocycles. The predicted octanol–water partition coefficient (Wildman–Crippen LogP) is 2.14. The molecule has 8 nitrogen and oxygen atoms in total. The zero-order chi connectivity index (χ0) is 18.0. The van der Waals surface area contributed by atoms with Crippen LogP contribution in [-0.4, -0.2) is 35.3 Å². The fourth-order valence-electron chi connectivity index (χ4n) is 2.78. The Morgan fingerprint density at radius 3 is 2.42 bits per heavy atom. The van der Waals surface area contributed by atoms with Crippen LogP contribution >= 0.6 is 7.60 Å². The first-order chi connectivity index (χ1) is 11.4. The van der Waals surface area contributed by atoms with E-state index in [2.05, 4.69) is 4.98 Å². The number of carbonyl (C=O) groups is 1. The van der Waals surface area contributed by atoms with Gasteiger partial charge in [0.15, 0.2) is 0 Å². The van der Waals surface area contributed by atoms with E-state index in [-0.39, 0.29) is 25.6 Å². The number of nitrogens with zero attached hydrogens (tertiary/aromatic N) is 2. The van der Waals surface area contributed by atoms with Crippen LogP contribution in [0, 0.1) is 0 Å². The lowest BCUT2D eigenvalue weighted by molar-refractivity contribution is -0.146. The summed E-state index contributed by atoms with van der Waals surface area (Å²) >= 11 is 0. The molecule has 2 rings (SSSR count). The van der Waals surface area contributed by atoms with Crippen molar-refractivity contribution in [2.45, 2.75) is 32.9 Å². The minimum Gasteiger partial charge on any atom is -0.465 e. The van der Waals surface area contributed by atoms with E-state index in [1.807, 2.05) is 0 Å². The summed E-state index contributed by atoms with van der Waals surface area (Å²) in [6, 6.07) is 1.25. The molecule has 0 amide bonds. The Kier molecular flexibility index (Phi) is 5.42. The maximum absolute atomic E-state index is 13.6. The summed E-state index contributed by atoms with van der Waals surface area (Å²) in [7, 11) is -4.06. The van der Waals surface area contributed by atoms with E-state index in [9.17, 15) is 14.2 Å². The largest absolute Gasteiger partial charge is 0.465 e. The van der Waals surface area contributed by atoms with Crippen molar-refractivity contribution >= 4 is 19.8 Å². The lowest BCUT2D eigenvalue weighted by Gasteiger charge is -2.34. The van der Waals surface area contributed by atoms with Crippen molar-refractivity contribution in [1.82, 2.24) is 9.55 Å². The summed E-state index contributed by atoms with van der Waals surface area (Å²) in [5, 5.41) is -1.89. The summed E-state index contributed by atoms with van der Waals surface area (Å²) in [6.07, 6.45) is 2.68. The molecule has 0 aromatic carbocycles. The average Bonchev–Trinajstić information content (AvgIpc) is 2.83. The number of aromatic nitrogens is 2. The zero-order valence-corrected chi connectivity index (χ0v) is 15.0. The molecule has 0 N–H and O–H groups in total. The van der Waals surface area contributed by atoms with Crippen LogP contribution in [0.3, 0.4) is 0 Å². The van der Waals surface area contributed by atoms with Gasteiger partial charge < -0.3 is 13.8 Å². The highest BCUT2D eigenvalue weighted by Gasteiger charge is 2.65. The lowest BCUT2D eigenvalue weighted by Crippen LogP contribution is -2.41. The number of ether oxygens (including phenoxy) is 1. The fourth-order valence-corrected chi connectivity index (χ4v) is 5.11. The summed E-state index contributed by atoms with van der Waals surface area (Å²) in [6.45, 7) is 6.69. The highest BCUT2D eigenvalue weighted by atomic mass is 31.2. The molecule has 24 heavy (non-hydrogen) atoms. The van der Waals surface area contributed by atoms with Crippen molar-refractivity contribution < 1.29 is 23.1 Å². The van der Waals surface area contributed by atoms with Gasteiger partial charge in [0.05, 0.1) is 19.8 Å². The molecule has 132 valence electrons. The minimum atomic E-state index is -4.06. The van der Waals surface area contributed by atoms with Crippen LogP contribution in [0.15, 0.2) is 22.6 Å². The Morgan fingerprint density at radius 1 is 1.25 bits per heavy atom. The number of hydrogen-bond acceptors (Lipinski definition) is 7. The molecule has 0 saturated heterocycles. The maximum Gasteiger partial charge on any atom is 0.359 e. The standard InChI is InChI=1S/C15H21N2O6P/c1-5-21-14(19)15(24(20,22-6-2)23-7-3)11(4)10-17-12(18)8-9-16-13(15)17/h8-10H,5-7H2,1-4H3. The van der Waals surface area contributed by atoms with Gasteiger partial charge in [0.1, 0.15) is 5.82 Å². The van der Waals surface area contributed by atoms with E-state index >= 15 is 0 Å². The second-order valence-electron chi connectivity index (χ2n) is 5.05. The average molecular weight is 356 g/mol. The van der Waals surface area contributed by atoms with Crippen molar-refractivity contribution in [3.05, 3.63) is 34.0 Å². The molecule has 0 fully saturated rings. The minimum absolute atomic E-state index is 0.0174. The first-order valence-electron chi connectivity index (χ1n) is 7.72. The van der Waals surface area contributed by atoms with Gasteiger partial charge in [0.2, 0.25) is 5.16 Å². The van der Waals surface area contributed by atoms with E-state index in [4.69, 9.17) is 13.8 Å². The number of hydrogen-bond donors (Lipinski definition) is 0. The third-order valence-corrected chi connectivity index (χ3v) is 6.43. The van der Waals surface area contributed by atoms with Crippen LogP contribution in [0.25, 0.3) is 6.20 Å². The highest BCUT2D eigenvalue weighted by molar-refractivity contribution is 7.56. The Hall–Kier alpha value is -1.76. The molecular formula is C15H21N2O6P.